The predicted octanol–water partition coefficient (Wildman–Crippen LogP) is 4.46. The Morgan fingerprint density at radius 2 is 1.79 bits per heavy atom. The molecule has 0 aliphatic heterocycles. The minimum Gasteiger partial charge on any atom is -0.294 e. The van der Waals surface area contributed by atoms with Gasteiger partial charge in [-0.05, 0) is 31.2 Å². The van der Waals surface area contributed by atoms with Gasteiger partial charge in [-0.1, -0.05) is 33.6 Å². The van der Waals surface area contributed by atoms with Crippen molar-refractivity contribution >= 4 is 21.7 Å². The lowest BCUT2D eigenvalue weighted by Gasteiger charge is -2.07. The summed E-state index contributed by atoms with van der Waals surface area (Å²) in [4.78, 5) is 12.1. The average molecular weight is 325 g/mol. The number of benzene rings is 2. The van der Waals surface area contributed by atoms with Crippen LogP contribution in [-0.2, 0) is 6.42 Å². The summed E-state index contributed by atoms with van der Waals surface area (Å²) in [5.74, 6) is -1.71. The SMILES string of the molecule is Cc1ccc(Br)c(C(=O)Cc2c(F)cccc2F)c1. The zero-order valence-corrected chi connectivity index (χ0v) is 11.8. The summed E-state index contributed by atoms with van der Waals surface area (Å²) in [6, 6.07) is 8.88. The Labute approximate surface area is 118 Å². The third-order valence-corrected chi connectivity index (χ3v) is 3.51. The van der Waals surface area contributed by atoms with Crippen LogP contribution in [-0.4, -0.2) is 5.78 Å². The van der Waals surface area contributed by atoms with Crippen LogP contribution in [0.3, 0.4) is 0 Å². The molecule has 4 heteroatoms. The highest BCUT2D eigenvalue weighted by Crippen LogP contribution is 2.21. The number of carbonyl (C=O) groups excluding carboxylic acids is 1. The number of ketones is 1. The van der Waals surface area contributed by atoms with Crippen molar-refractivity contribution in [2.45, 2.75) is 13.3 Å². The Morgan fingerprint density at radius 3 is 2.42 bits per heavy atom. The van der Waals surface area contributed by atoms with E-state index in [0.717, 1.165) is 17.7 Å². The molecule has 0 atom stereocenters. The Morgan fingerprint density at radius 1 is 1.16 bits per heavy atom. The van der Waals surface area contributed by atoms with E-state index in [1.165, 1.54) is 6.07 Å². The molecule has 1 nitrogen and oxygen atoms in total. The van der Waals surface area contributed by atoms with Crippen molar-refractivity contribution in [2.75, 3.05) is 0 Å². The smallest absolute Gasteiger partial charge is 0.168 e. The largest absolute Gasteiger partial charge is 0.294 e. The van der Waals surface area contributed by atoms with Crippen LogP contribution in [0.5, 0.6) is 0 Å². The number of halogens is 3. The van der Waals surface area contributed by atoms with E-state index in [4.69, 9.17) is 0 Å². The van der Waals surface area contributed by atoms with Gasteiger partial charge in [0.25, 0.3) is 0 Å². The van der Waals surface area contributed by atoms with Crippen LogP contribution in [0.1, 0.15) is 21.5 Å². The molecule has 19 heavy (non-hydrogen) atoms. The molecule has 0 fully saturated rings. The first-order valence-electron chi connectivity index (χ1n) is 5.71. The van der Waals surface area contributed by atoms with Crippen molar-refractivity contribution in [3.63, 3.8) is 0 Å². The molecule has 0 amide bonds. The normalized spacial score (nSPS) is 10.5. The lowest BCUT2D eigenvalue weighted by molar-refractivity contribution is 0.0989. The molecule has 0 aliphatic rings. The molecule has 0 unspecified atom stereocenters. The minimum atomic E-state index is -0.697. The monoisotopic (exact) mass is 324 g/mol. The predicted molar refractivity (Wildman–Crippen MR) is 73.3 cm³/mol. The van der Waals surface area contributed by atoms with Gasteiger partial charge in [-0.3, -0.25) is 4.79 Å². The molecule has 0 aliphatic carbocycles. The molecule has 0 heterocycles. The molecule has 0 saturated heterocycles. The number of Topliss-reactive ketones (excluding diaryl/α,β-unsaturated/α-hetero) is 1. The van der Waals surface area contributed by atoms with E-state index in [1.54, 1.807) is 12.1 Å². The first-order chi connectivity index (χ1) is 8.99. The topological polar surface area (TPSA) is 17.1 Å². The van der Waals surface area contributed by atoms with Crippen molar-refractivity contribution in [2.24, 2.45) is 0 Å². The van der Waals surface area contributed by atoms with Crippen LogP contribution in [0, 0.1) is 18.6 Å². The second-order valence-electron chi connectivity index (χ2n) is 4.28. The zero-order chi connectivity index (χ0) is 14.0. The molecule has 0 radical (unpaired) electrons. The number of rotatable bonds is 3. The van der Waals surface area contributed by atoms with E-state index in [0.29, 0.717) is 10.0 Å². The first kappa shape index (κ1) is 13.9. The van der Waals surface area contributed by atoms with Gasteiger partial charge in [0.05, 0.1) is 0 Å². The van der Waals surface area contributed by atoms with Gasteiger partial charge in [-0.2, -0.15) is 0 Å². The minimum absolute atomic E-state index is 0.194. The molecule has 2 rings (SSSR count). The van der Waals surface area contributed by atoms with Gasteiger partial charge in [-0.15, -0.1) is 0 Å². The number of aryl methyl sites for hydroxylation is 1. The highest BCUT2D eigenvalue weighted by Gasteiger charge is 2.16. The van der Waals surface area contributed by atoms with E-state index < -0.39 is 11.6 Å². The molecule has 0 spiro atoms. The van der Waals surface area contributed by atoms with Gasteiger partial charge >= 0.3 is 0 Å². The van der Waals surface area contributed by atoms with Crippen LogP contribution in [0.25, 0.3) is 0 Å². The van der Waals surface area contributed by atoms with Gasteiger partial charge < -0.3 is 0 Å². The van der Waals surface area contributed by atoms with Gasteiger partial charge in [0, 0.05) is 22.0 Å². The number of hydrogen-bond donors (Lipinski definition) is 0. The lowest BCUT2D eigenvalue weighted by atomic mass is 10.0. The van der Waals surface area contributed by atoms with Crippen LogP contribution in [0.4, 0.5) is 8.78 Å². The zero-order valence-electron chi connectivity index (χ0n) is 10.2. The van der Waals surface area contributed by atoms with E-state index in [1.807, 2.05) is 13.0 Å². The van der Waals surface area contributed by atoms with Crippen LogP contribution >= 0.6 is 15.9 Å². The quantitative estimate of drug-likeness (QED) is 0.762. The maximum Gasteiger partial charge on any atom is 0.168 e. The fourth-order valence-electron chi connectivity index (χ4n) is 1.81. The summed E-state index contributed by atoms with van der Waals surface area (Å²) in [5.41, 5.74) is 1.16. The summed E-state index contributed by atoms with van der Waals surface area (Å²) in [6.07, 6.45) is -0.291. The molecule has 0 aromatic heterocycles. The third-order valence-electron chi connectivity index (χ3n) is 2.82. The Balaban J connectivity index is 2.34. The third kappa shape index (κ3) is 3.07. The maximum absolute atomic E-state index is 13.5. The molecular formula is C15H11BrF2O. The summed E-state index contributed by atoms with van der Waals surface area (Å²) in [5, 5.41) is 0. The summed E-state index contributed by atoms with van der Waals surface area (Å²) < 4.78 is 27.6. The van der Waals surface area contributed by atoms with Crippen molar-refractivity contribution in [1.29, 1.82) is 0 Å². The van der Waals surface area contributed by atoms with E-state index in [2.05, 4.69) is 15.9 Å². The van der Waals surface area contributed by atoms with Crippen molar-refractivity contribution in [3.8, 4) is 0 Å². The summed E-state index contributed by atoms with van der Waals surface area (Å²) in [7, 11) is 0. The molecule has 0 bridgehead atoms. The van der Waals surface area contributed by atoms with Crippen LogP contribution < -0.4 is 0 Å². The molecule has 2 aromatic carbocycles. The van der Waals surface area contributed by atoms with Crippen molar-refractivity contribution in [1.82, 2.24) is 0 Å². The molecule has 2 aromatic rings. The second kappa shape index (κ2) is 5.61. The van der Waals surface area contributed by atoms with Gasteiger partial charge in [0.1, 0.15) is 11.6 Å². The Hall–Kier alpha value is -1.55. The lowest BCUT2D eigenvalue weighted by Crippen LogP contribution is -2.08. The highest BCUT2D eigenvalue weighted by molar-refractivity contribution is 9.10. The van der Waals surface area contributed by atoms with E-state index in [9.17, 15) is 13.6 Å². The molecule has 98 valence electrons. The molecular weight excluding hydrogens is 314 g/mol. The highest BCUT2D eigenvalue weighted by atomic mass is 79.9. The molecule has 0 N–H and O–H groups in total. The fourth-order valence-corrected chi connectivity index (χ4v) is 2.28. The fraction of sp³-hybridized carbons (Fsp3) is 0.133. The Bertz CT molecular complexity index is 618. The van der Waals surface area contributed by atoms with Gasteiger partial charge in [0.2, 0.25) is 0 Å². The van der Waals surface area contributed by atoms with Crippen molar-refractivity contribution in [3.05, 3.63) is 69.2 Å². The number of hydrogen-bond acceptors (Lipinski definition) is 1. The van der Waals surface area contributed by atoms with E-state index in [-0.39, 0.29) is 17.8 Å². The Kier molecular flexibility index (Phi) is 4.10. The van der Waals surface area contributed by atoms with Crippen LogP contribution in [0.2, 0.25) is 0 Å². The molecule has 0 saturated carbocycles. The summed E-state index contributed by atoms with van der Waals surface area (Å²) in [6.45, 7) is 1.85. The van der Waals surface area contributed by atoms with Crippen molar-refractivity contribution < 1.29 is 13.6 Å². The number of carbonyl (C=O) groups is 1. The summed E-state index contributed by atoms with van der Waals surface area (Å²) >= 11 is 3.27. The maximum atomic E-state index is 13.5. The van der Waals surface area contributed by atoms with E-state index >= 15 is 0 Å². The average Bonchev–Trinajstić information content (AvgIpc) is 2.37. The van der Waals surface area contributed by atoms with Crippen LogP contribution in [0.15, 0.2) is 40.9 Å². The van der Waals surface area contributed by atoms with Gasteiger partial charge in [0.15, 0.2) is 5.78 Å². The second-order valence-corrected chi connectivity index (χ2v) is 5.14. The first-order valence-corrected chi connectivity index (χ1v) is 6.50. The van der Waals surface area contributed by atoms with Gasteiger partial charge in [-0.25, -0.2) is 8.78 Å². The standard InChI is InChI=1S/C15H11BrF2O/c1-9-5-6-12(16)10(7-9)15(19)8-11-13(17)3-2-4-14(11)18/h2-7H,8H2,1H3.